The van der Waals surface area contributed by atoms with Crippen molar-refractivity contribution in [2.45, 2.75) is 25.5 Å². The average molecular weight is 243 g/mol. The van der Waals surface area contributed by atoms with E-state index in [1.807, 2.05) is 0 Å². The molecule has 0 rings (SSSR count). The van der Waals surface area contributed by atoms with Crippen molar-refractivity contribution in [1.82, 2.24) is 4.72 Å². The van der Waals surface area contributed by atoms with Crippen LogP contribution < -0.4 is 4.72 Å². The van der Waals surface area contributed by atoms with Crippen LogP contribution in [0.25, 0.3) is 0 Å². The Kier molecular flexibility index (Phi) is 4.12. The zero-order valence-electron chi connectivity index (χ0n) is 8.86. The molecule has 0 saturated heterocycles. The van der Waals surface area contributed by atoms with Gasteiger partial charge in [-0.1, -0.05) is 0 Å². The Hall–Kier alpha value is -0.140. The third-order valence-electron chi connectivity index (χ3n) is 1.86. The van der Waals surface area contributed by atoms with Gasteiger partial charge in [-0.3, -0.25) is 0 Å². The predicted octanol–water partition coefficient (Wildman–Crippen LogP) is -0.251. The number of nitrogens with one attached hydrogen (secondary N) is 1. The highest BCUT2D eigenvalue weighted by Gasteiger charge is 2.29. The molecule has 0 fully saturated rings. The lowest BCUT2D eigenvalue weighted by Crippen LogP contribution is -2.35. The van der Waals surface area contributed by atoms with Gasteiger partial charge in [-0.15, -0.1) is 0 Å². The topological polar surface area (TPSA) is 80.3 Å². The van der Waals surface area contributed by atoms with E-state index >= 15 is 0 Å². The molecule has 7 heteroatoms. The molecule has 1 N–H and O–H groups in total. The van der Waals surface area contributed by atoms with Gasteiger partial charge in [0.05, 0.1) is 16.3 Å². The summed E-state index contributed by atoms with van der Waals surface area (Å²) < 4.78 is 46.2. The third kappa shape index (κ3) is 3.93. The largest absolute Gasteiger partial charge is 0.228 e. The maximum atomic E-state index is 11.5. The second-order valence-electron chi connectivity index (χ2n) is 3.95. The van der Waals surface area contributed by atoms with E-state index in [2.05, 4.69) is 4.72 Å². The summed E-state index contributed by atoms with van der Waals surface area (Å²) in [6.07, 6.45) is 0. The van der Waals surface area contributed by atoms with E-state index in [9.17, 15) is 16.8 Å². The summed E-state index contributed by atoms with van der Waals surface area (Å²) in [6, 6.07) is 0. The Morgan fingerprint density at radius 3 is 1.71 bits per heavy atom. The molecule has 0 atom stereocenters. The molecular weight excluding hydrogens is 226 g/mol. The summed E-state index contributed by atoms with van der Waals surface area (Å²) in [4.78, 5) is 0. The second kappa shape index (κ2) is 4.16. The predicted molar refractivity (Wildman–Crippen MR) is 56.4 cm³/mol. The Morgan fingerprint density at radius 1 is 1.00 bits per heavy atom. The van der Waals surface area contributed by atoms with Gasteiger partial charge in [0.15, 0.2) is 9.84 Å². The smallest absolute Gasteiger partial charge is 0.212 e. The number of sulfone groups is 1. The molecule has 0 aliphatic heterocycles. The van der Waals surface area contributed by atoms with E-state index < -0.39 is 24.6 Å². The number of hydrogen-bond donors (Lipinski definition) is 1. The lowest BCUT2D eigenvalue weighted by Gasteiger charge is -2.18. The molecule has 0 aliphatic rings. The highest BCUT2D eigenvalue weighted by Crippen LogP contribution is 2.15. The average Bonchev–Trinajstić information content (AvgIpc) is 1.99. The number of sulfonamides is 1. The normalized spacial score (nSPS) is 14.3. The SMILES string of the molecule is CNS(=O)(=O)CCS(=O)(=O)C(C)(C)C. The van der Waals surface area contributed by atoms with Crippen molar-refractivity contribution in [2.24, 2.45) is 0 Å². The van der Waals surface area contributed by atoms with Crippen LogP contribution in [0.5, 0.6) is 0 Å². The van der Waals surface area contributed by atoms with Gasteiger partial charge in [0.2, 0.25) is 10.0 Å². The van der Waals surface area contributed by atoms with Gasteiger partial charge >= 0.3 is 0 Å². The summed E-state index contributed by atoms with van der Waals surface area (Å²) in [5.41, 5.74) is 0. The van der Waals surface area contributed by atoms with E-state index in [1.54, 1.807) is 20.8 Å². The fraction of sp³-hybridized carbons (Fsp3) is 1.00. The maximum absolute atomic E-state index is 11.5. The minimum atomic E-state index is -3.44. The van der Waals surface area contributed by atoms with Crippen LogP contribution in [0.15, 0.2) is 0 Å². The molecule has 14 heavy (non-hydrogen) atoms. The summed E-state index contributed by atoms with van der Waals surface area (Å²) in [6.45, 7) is 4.65. The Morgan fingerprint density at radius 2 is 1.43 bits per heavy atom. The molecule has 0 aromatic carbocycles. The number of hydrogen-bond acceptors (Lipinski definition) is 4. The molecule has 0 unspecified atom stereocenters. The van der Waals surface area contributed by atoms with Crippen molar-refractivity contribution in [2.75, 3.05) is 18.6 Å². The van der Waals surface area contributed by atoms with Gasteiger partial charge in [0.25, 0.3) is 0 Å². The highest BCUT2D eigenvalue weighted by molar-refractivity contribution is 7.95. The van der Waals surface area contributed by atoms with E-state index in [0.29, 0.717) is 0 Å². The van der Waals surface area contributed by atoms with E-state index in [-0.39, 0.29) is 11.5 Å². The number of rotatable bonds is 4. The fourth-order valence-corrected chi connectivity index (χ4v) is 3.20. The van der Waals surface area contributed by atoms with Crippen LogP contribution in [0.3, 0.4) is 0 Å². The first-order chi connectivity index (χ1) is 6.02. The zero-order chi connectivity index (χ0) is 11.6. The van der Waals surface area contributed by atoms with Crippen LogP contribution in [0.1, 0.15) is 20.8 Å². The first-order valence-corrected chi connectivity index (χ1v) is 7.46. The molecule has 0 amide bonds. The summed E-state index contributed by atoms with van der Waals surface area (Å²) >= 11 is 0. The van der Waals surface area contributed by atoms with Gasteiger partial charge in [-0.25, -0.2) is 21.6 Å². The maximum Gasteiger partial charge on any atom is 0.212 e. The zero-order valence-corrected chi connectivity index (χ0v) is 10.5. The van der Waals surface area contributed by atoms with E-state index in [0.717, 1.165) is 0 Å². The molecular formula is C7H17NO4S2. The molecule has 0 heterocycles. The molecule has 0 saturated carbocycles. The standard InChI is InChI=1S/C7H17NO4S2/c1-7(2,3)13(9,10)5-6-14(11,12)8-4/h8H,5-6H2,1-4H3. The van der Waals surface area contributed by atoms with Crippen LogP contribution >= 0.6 is 0 Å². The van der Waals surface area contributed by atoms with Crippen molar-refractivity contribution in [3.63, 3.8) is 0 Å². The van der Waals surface area contributed by atoms with Crippen molar-refractivity contribution >= 4 is 19.9 Å². The van der Waals surface area contributed by atoms with Crippen LogP contribution in [-0.2, 0) is 19.9 Å². The van der Waals surface area contributed by atoms with E-state index in [4.69, 9.17) is 0 Å². The lowest BCUT2D eigenvalue weighted by molar-refractivity contribution is 0.558. The Balaban J connectivity index is 4.60. The molecule has 0 bridgehead atoms. The van der Waals surface area contributed by atoms with E-state index in [1.165, 1.54) is 7.05 Å². The van der Waals surface area contributed by atoms with Gasteiger partial charge in [-0.2, -0.15) is 0 Å². The monoisotopic (exact) mass is 243 g/mol. The van der Waals surface area contributed by atoms with Crippen molar-refractivity contribution in [1.29, 1.82) is 0 Å². The summed E-state index contributed by atoms with van der Waals surface area (Å²) in [7, 11) is -5.54. The van der Waals surface area contributed by atoms with Crippen molar-refractivity contribution < 1.29 is 16.8 Å². The Bertz CT molecular complexity index is 374. The van der Waals surface area contributed by atoms with Crippen LogP contribution in [0, 0.1) is 0 Å². The van der Waals surface area contributed by atoms with Crippen LogP contribution in [0.4, 0.5) is 0 Å². The lowest BCUT2D eigenvalue weighted by atomic mass is 10.3. The molecule has 0 aromatic heterocycles. The van der Waals surface area contributed by atoms with Crippen LogP contribution in [0.2, 0.25) is 0 Å². The molecule has 0 spiro atoms. The van der Waals surface area contributed by atoms with Crippen LogP contribution in [-0.4, -0.2) is 40.1 Å². The van der Waals surface area contributed by atoms with Crippen molar-refractivity contribution in [3.05, 3.63) is 0 Å². The van der Waals surface area contributed by atoms with Gasteiger partial charge in [0, 0.05) is 0 Å². The minimum absolute atomic E-state index is 0.348. The minimum Gasteiger partial charge on any atom is -0.228 e. The molecule has 0 aliphatic carbocycles. The first-order valence-electron chi connectivity index (χ1n) is 4.15. The van der Waals surface area contributed by atoms with Gasteiger partial charge in [-0.05, 0) is 27.8 Å². The van der Waals surface area contributed by atoms with Gasteiger partial charge in [0.1, 0.15) is 0 Å². The molecule has 86 valence electrons. The molecule has 0 aromatic rings. The quantitative estimate of drug-likeness (QED) is 0.738. The van der Waals surface area contributed by atoms with Gasteiger partial charge < -0.3 is 0 Å². The summed E-state index contributed by atoms with van der Waals surface area (Å²) in [5, 5.41) is 0. The third-order valence-corrected chi connectivity index (χ3v) is 6.09. The first kappa shape index (κ1) is 13.9. The second-order valence-corrected chi connectivity index (χ2v) is 8.86. The van der Waals surface area contributed by atoms with Crippen molar-refractivity contribution in [3.8, 4) is 0 Å². The fourth-order valence-electron chi connectivity index (χ4n) is 0.628. The highest BCUT2D eigenvalue weighted by atomic mass is 32.2. The summed E-state index contributed by atoms with van der Waals surface area (Å²) in [5.74, 6) is -0.733. The molecule has 5 nitrogen and oxygen atoms in total. The Labute approximate surface area is 85.9 Å². The molecule has 0 radical (unpaired) electrons.